The molecule has 100 valence electrons. The van der Waals surface area contributed by atoms with Gasteiger partial charge in [0.05, 0.1) is 13.4 Å². The standard InChI is InChI=1S/C13H15N3O3/c1-19-12-3-2-10(8-11(12)17)13(18)15-5-7-16-6-4-14-9-16/h2-4,6,8-9,17H,5,7H2,1H3,(H,15,18). The number of amides is 1. The zero-order valence-electron chi connectivity index (χ0n) is 10.5. The molecule has 19 heavy (non-hydrogen) atoms. The average Bonchev–Trinajstić information content (AvgIpc) is 2.91. The van der Waals surface area contributed by atoms with Crippen molar-refractivity contribution in [3.63, 3.8) is 0 Å². The Morgan fingerprint density at radius 2 is 2.37 bits per heavy atom. The lowest BCUT2D eigenvalue weighted by molar-refractivity contribution is 0.0952. The van der Waals surface area contributed by atoms with Crippen LogP contribution >= 0.6 is 0 Å². The molecule has 0 aliphatic carbocycles. The monoisotopic (exact) mass is 261 g/mol. The summed E-state index contributed by atoms with van der Waals surface area (Å²) in [5, 5.41) is 12.4. The summed E-state index contributed by atoms with van der Waals surface area (Å²) < 4.78 is 6.78. The van der Waals surface area contributed by atoms with E-state index in [2.05, 4.69) is 10.3 Å². The number of nitrogens with zero attached hydrogens (tertiary/aromatic N) is 2. The van der Waals surface area contributed by atoms with Gasteiger partial charge in [-0.25, -0.2) is 4.98 Å². The van der Waals surface area contributed by atoms with E-state index in [0.29, 0.717) is 24.4 Å². The summed E-state index contributed by atoms with van der Waals surface area (Å²) >= 11 is 0. The number of rotatable bonds is 5. The lowest BCUT2D eigenvalue weighted by Gasteiger charge is -2.08. The number of hydrogen-bond acceptors (Lipinski definition) is 4. The predicted molar refractivity (Wildman–Crippen MR) is 69.2 cm³/mol. The summed E-state index contributed by atoms with van der Waals surface area (Å²) in [6, 6.07) is 4.54. The minimum atomic E-state index is -0.238. The number of benzene rings is 1. The van der Waals surface area contributed by atoms with E-state index in [1.165, 1.54) is 13.2 Å². The van der Waals surface area contributed by atoms with Crippen LogP contribution in [0.15, 0.2) is 36.9 Å². The Bertz CT molecular complexity index is 552. The highest BCUT2D eigenvalue weighted by molar-refractivity contribution is 5.94. The molecule has 1 aromatic heterocycles. The Morgan fingerprint density at radius 3 is 3.00 bits per heavy atom. The number of nitrogens with one attached hydrogen (secondary N) is 1. The van der Waals surface area contributed by atoms with Gasteiger partial charge in [0.15, 0.2) is 11.5 Å². The third-order valence-corrected chi connectivity index (χ3v) is 2.66. The van der Waals surface area contributed by atoms with Crippen LogP contribution in [0.4, 0.5) is 0 Å². The third kappa shape index (κ3) is 3.25. The smallest absolute Gasteiger partial charge is 0.251 e. The van der Waals surface area contributed by atoms with Crippen molar-refractivity contribution in [2.45, 2.75) is 6.54 Å². The van der Waals surface area contributed by atoms with E-state index < -0.39 is 0 Å². The maximum Gasteiger partial charge on any atom is 0.251 e. The van der Waals surface area contributed by atoms with Gasteiger partial charge >= 0.3 is 0 Å². The van der Waals surface area contributed by atoms with Crippen LogP contribution in [-0.2, 0) is 6.54 Å². The number of carbonyl (C=O) groups is 1. The van der Waals surface area contributed by atoms with Crippen LogP contribution in [0, 0.1) is 0 Å². The zero-order valence-corrected chi connectivity index (χ0v) is 10.5. The molecule has 0 spiro atoms. The SMILES string of the molecule is COc1ccc(C(=O)NCCn2ccnc2)cc1O. The van der Waals surface area contributed by atoms with Crippen molar-refractivity contribution in [2.24, 2.45) is 0 Å². The number of carbonyl (C=O) groups excluding carboxylic acids is 1. The number of methoxy groups -OCH3 is 1. The van der Waals surface area contributed by atoms with Gasteiger partial charge in [-0.15, -0.1) is 0 Å². The highest BCUT2D eigenvalue weighted by atomic mass is 16.5. The average molecular weight is 261 g/mol. The summed E-state index contributed by atoms with van der Waals surface area (Å²) in [5.41, 5.74) is 0.393. The first-order valence-corrected chi connectivity index (χ1v) is 5.81. The molecule has 1 heterocycles. The fraction of sp³-hybridized carbons (Fsp3) is 0.231. The molecule has 0 unspecified atom stereocenters. The van der Waals surface area contributed by atoms with Crippen LogP contribution in [0.2, 0.25) is 0 Å². The Labute approximate surface area is 110 Å². The van der Waals surface area contributed by atoms with E-state index in [4.69, 9.17) is 4.74 Å². The third-order valence-electron chi connectivity index (χ3n) is 2.66. The van der Waals surface area contributed by atoms with Gasteiger partial charge in [0.25, 0.3) is 5.91 Å². The van der Waals surface area contributed by atoms with Gasteiger partial charge in [-0.1, -0.05) is 0 Å². The molecule has 0 radical (unpaired) electrons. The molecule has 0 aliphatic heterocycles. The topological polar surface area (TPSA) is 76.4 Å². The van der Waals surface area contributed by atoms with Gasteiger partial charge in [-0.2, -0.15) is 0 Å². The molecule has 0 bridgehead atoms. The molecule has 1 aromatic carbocycles. The maximum atomic E-state index is 11.8. The van der Waals surface area contributed by atoms with Gasteiger partial charge in [-0.05, 0) is 18.2 Å². The molecular formula is C13H15N3O3. The lowest BCUT2D eigenvalue weighted by Crippen LogP contribution is -2.26. The summed E-state index contributed by atoms with van der Waals surface area (Å²) in [4.78, 5) is 15.7. The molecule has 2 N–H and O–H groups in total. The van der Waals surface area contributed by atoms with Crippen molar-refractivity contribution in [2.75, 3.05) is 13.7 Å². The van der Waals surface area contributed by atoms with Crippen LogP contribution in [0.3, 0.4) is 0 Å². The molecule has 0 atom stereocenters. The highest BCUT2D eigenvalue weighted by Gasteiger charge is 2.08. The second-order valence-electron chi connectivity index (χ2n) is 3.94. The van der Waals surface area contributed by atoms with E-state index in [0.717, 1.165) is 0 Å². The number of hydrogen-bond donors (Lipinski definition) is 2. The summed E-state index contributed by atoms with van der Waals surface area (Å²) in [6.45, 7) is 1.13. The summed E-state index contributed by atoms with van der Waals surface area (Å²) in [6.07, 6.45) is 5.19. The van der Waals surface area contributed by atoms with E-state index >= 15 is 0 Å². The Kier molecular flexibility index (Phi) is 4.02. The molecule has 2 rings (SSSR count). The number of aromatic hydroxyl groups is 1. The van der Waals surface area contributed by atoms with Gasteiger partial charge in [-0.3, -0.25) is 4.79 Å². The number of phenolic OH excluding ortho intramolecular Hbond substituents is 1. The molecule has 2 aromatic rings. The largest absolute Gasteiger partial charge is 0.504 e. The van der Waals surface area contributed by atoms with Gasteiger partial charge in [0.2, 0.25) is 0 Å². The molecular weight excluding hydrogens is 246 g/mol. The quantitative estimate of drug-likeness (QED) is 0.842. The van der Waals surface area contributed by atoms with Crippen molar-refractivity contribution in [3.05, 3.63) is 42.5 Å². The Hall–Kier alpha value is -2.50. The zero-order chi connectivity index (χ0) is 13.7. The number of ether oxygens (including phenoxy) is 1. The van der Waals surface area contributed by atoms with E-state index in [1.54, 1.807) is 24.7 Å². The fourth-order valence-corrected chi connectivity index (χ4v) is 1.65. The van der Waals surface area contributed by atoms with Crippen LogP contribution in [0.25, 0.3) is 0 Å². The molecule has 6 nitrogen and oxygen atoms in total. The predicted octanol–water partition coefficient (Wildman–Crippen LogP) is 1.03. The first kappa shape index (κ1) is 12.9. The van der Waals surface area contributed by atoms with Crippen LogP contribution in [0.5, 0.6) is 11.5 Å². The van der Waals surface area contributed by atoms with Crippen molar-refractivity contribution in [1.82, 2.24) is 14.9 Å². The van der Waals surface area contributed by atoms with Crippen LogP contribution in [0.1, 0.15) is 10.4 Å². The fourth-order valence-electron chi connectivity index (χ4n) is 1.65. The second-order valence-corrected chi connectivity index (χ2v) is 3.94. The minimum absolute atomic E-state index is 0.0511. The Balaban J connectivity index is 1.91. The van der Waals surface area contributed by atoms with Gasteiger partial charge in [0.1, 0.15) is 0 Å². The van der Waals surface area contributed by atoms with Crippen molar-refractivity contribution in [1.29, 1.82) is 0 Å². The van der Waals surface area contributed by atoms with Crippen LogP contribution < -0.4 is 10.1 Å². The van der Waals surface area contributed by atoms with E-state index in [-0.39, 0.29) is 11.7 Å². The van der Waals surface area contributed by atoms with Crippen molar-refractivity contribution in [3.8, 4) is 11.5 Å². The normalized spacial score (nSPS) is 10.2. The highest BCUT2D eigenvalue weighted by Crippen LogP contribution is 2.25. The molecule has 0 aliphatic rings. The second kappa shape index (κ2) is 5.90. The van der Waals surface area contributed by atoms with Gasteiger partial charge in [0, 0.05) is 31.0 Å². The number of imidazole rings is 1. The van der Waals surface area contributed by atoms with Crippen molar-refractivity contribution >= 4 is 5.91 Å². The van der Waals surface area contributed by atoms with E-state index in [1.807, 2.05) is 10.8 Å². The molecule has 0 saturated heterocycles. The molecule has 1 amide bonds. The lowest BCUT2D eigenvalue weighted by atomic mass is 10.2. The Morgan fingerprint density at radius 1 is 1.53 bits per heavy atom. The summed E-state index contributed by atoms with van der Waals surface area (Å²) in [7, 11) is 1.46. The maximum absolute atomic E-state index is 11.8. The first-order valence-electron chi connectivity index (χ1n) is 5.81. The summed E-state index contributed by atoms with van der Waals surface area (Å²) in [5.74, 6) is 0.0535. The first-order chi connectivity index (χ1) is 9.20. The van der Waals surface area contributed by atoms with Gasteiger partial charge < -0.3 is 19.7 Å². The molecule has 0 saturated carbocycles. The van der Waals surface area contributed by atoms with Crippen molar-refractivity contribution < 1.29 is 14.6 Å². The minimum Gasteiger partial charge on any atom is -0.504 e. The number of phenols is 1. The van der Waals surface area contributed by atoms with E-state index in [9.17, 15) is 9.90 Å². The molecule has 0 fully saturated rings. The van der Waals surface area contributed by atoms with Crippen LogP contribution in [-0.4, -0.2) is 34.2 Å². The number of aromatic nitrogens is 2. The molecule has 6 heteroatoms.